The van der Waals surface area contributed by atoms with Crippen LogP contribution in [0.4, 0.5) is 0 Å². The number of sulfone groups is 2. The van der Waals surface area contributed by atoms with Crippen LogP contribution in [-0.2, 0) is 19.7 Å². The van der Waals surface area contributed by atoms with Crippen molar-refractivity contribution in [3.63, 3.8) is 0 Å². The summed E-state index contributed by atoms with van der Waals surface area (Å²) in [4.78, 5) is 0. The van der Waals surface area contributed by atoms with Crippen molar-refractivity contribution in [3.8, 4) is 0 Å². The van der Waals surface area contributed by atoms with Crippen molar-refractivity contribution in [2.24, 2.45) is 0 Å². The van der Waals surface area contributed by atoms with Gasteiger partial charge in [-0.2, -0.15) is 0 Å². The SMILES string of the molecule is CC1=CS(=O)(=O)C[C@@H]1SC(=S)N[C@@H]1CCS(=O)(=O)C1. The van der Waals surface area contributed by atoms with Gasteiger partial charge in [0.15, 0.2) is 19.7 Å². The quantitative estimate of drug-likeness (QED) is 0.732. The Morgan fingerprint density at radius 1 is 1.37 bits per heavy atom. The van der Waals surface area contributed by atoms with Crippen LogP contribution in [0.25, 0.3) is 0 Å². The highest BCUT2D eigenvalue weighted by Crippen LogP contribution is 2.29. The van der Waals surface area contributed by atoms with Crippen LogP contribution < -0.4 is 5.32 Å². The molecule has 2 rings (SSSR count). The molecule has 1 fully saturated rings. The number of rotatable bonds is 2. The second kappa shape index (κ2) is 5.34. The molecule has 2 heterocycles. The first-order valence-electron chi connectivity index (χ1n) is 5.75. The molecule has 1 N–H and O–H groups in total. The molecule has 5 nitrogen and oxygen atoms in total. The van der Waals surface area contributed by atoms with Crippen LogP contribution in [-0.4, -0.2) is 49.7 Å². The zero-order valence-electron chi connectivity index (χ0n) is 10.3. The van der Waals surface area contributed by atoms with Crippen LogP contribution in [0.1, 0.15) is 13.3 Å². The third kappa shape index (κ3) is 4.17. The first kappa shape index (κ1) is 15.3. The molecule has 0 aromatic carbocycles. The van der Waals surface area contributed by atoms with Crippen molar-refractivity contribution >= 4 is 48.0 Å². The van der Waals surface area contributed by atoms with E-state index in [2.05, 4.69) is 5.32 Å². The first-order valence-corrected chi connectivity index (χ1v) is 10.6. The normalized spacial score (nSPS) is 31.9. The van der Waals surface area contributed by atoms with Gasteiger partial charge in [-0.1, -0.05) is 24.0 Å². The van der Waals surface area contributed by atoms with Crippen LogP contribution >= 0.6 is 24.0 Å². The summed E-state index contributed by atoms with van der Waals surface area (Å²) < 4.78 is 46.0. The zero-order valence-corrected chi connectivity index (χ0v) is 13.6. The summed E-state index contributed by atoms with van der Waals surface area (Å²) in [5.74, 6) is 0.356. The highest BCUT2D eigenvalue weighted by molar-refractivity contribution is 8.23. The van der Waals surface area contributed by atoms with Crippen LogP contribution in [0.15, 0.2) is 11.0 Å². The molecular weight excluding hydrogens is 326 g/mol. The third-order valence-corrected chi connectivity index (χ3v) is 8.13. The minimum absolute atomic E-state index is 0.0638. The Morgan fingerprint density at radius 3 is 2.53 bits per heavy atom. The Bertz CT molecular complexity index is 620. The van der Waals surface area contributed by atoms with Gasteiger partial charge in [0.05, 0.1) is 17.3 Å². The summed E-state index contributed by atoms with van der Waals surface area (Å²) in [6.07, 6.45) is 0.556. The molecule has 0 aromatic rings. The molecule has 0 aliphatic carbocycles. The molecule has 9 heteroatoms. The number of nitrogens with one attached hydrogen (secondary N) is 1. The number of hydrogen-bond acceptors (Lipinski definition) is 6. The third-order valence-electron chi connectivity index (χ3n) is 3.06. The molecule has 0 aromatic heterocycles. The van der Waals surface area contributed by atoms with Gasteiger partial charge in [0.1, 0.15) is 4.32 Å². The van der Waals surface area contributed by atoms with E-state index in [9.17, 15) is 16.8 Å². The zero-order chi connectivity index (χ0) is 14.3. The first-order chi connectivity index (χ1) is 8.67. The molecule has 0 bridgehead atoms. The van der Waals surface area contributed by atoms with Gasteiger partial charge in [0.2, 0.25) is 0 Å². The minimum Gasteiger partial charge on any atom is -0.367 e. The molecule has 1 saturated heterocycles. The van der Waals surface area contributed by atoms with Crippen LogP contribution in [0.3, 0.4) is 0 Å². The van der Waals surface area contributed by atoms with Crippen molar-refractivity contribution in [2.75, 3.05) is 17.3 Å². The van der Waals surface area contributed by atoms with Crippen molar-refractivity contribution in [3.05, 3.63) is 11.0 Å². The van der Waals surface area contributed by atoms with Gasteiger partial charge >= 0.3 is 0 Å². The number of hydrogen-bond donors (Lipinski definition) is 1. The minimum atomic E-state index is -3.10. The summed E-state index contributed by atoms with van der Waals surface area (Å²) in [6.45, 7) is 1.77. The van der Waals surface area contributed by atoms with Gasteiger partial charge in [-0.05, 0) is 18.9 Å². The Kier molecular flexibility index (Phi) is 4.29. The van der Waals surface area contributed by atoms with E-state index in [1.807, 2.05) is 0 Å². The molecule has 0 amide bonds. The fraction of sp³-hybridized carbons (Fsp3) is 0.700. The Balaban J connectivity index is 1.88. The number of thiocarbonyl (C=S) groups is 1. The van der Waals surface area contributed by atoms with Crippen molar-refractivity contribution < 1.29 is 16.8 Å². The molecule has 2 atom stereocenters. The summed E-state index contributed by atoms with van der Waals surface area (Å²) in [7, 11) is -6.04. The van der Waals surface area contributed by atoms with Crippen LogP contribution in [0, 0.1) is 0 Å². The van der Waals surface area contributed by atoms with Gasteiger partial charge in [0.25, 0.3) is 0 Å². The molecule has 19 heavy (non-hydrogen) atoms. The van der Waals surface area contributed by atoms with Crippen molar-refractivity contribution in [1.29, 1.82) is 0 Å². The summed E-state index contributed by atoms with van der Waals surface area (Å²) >= 11 is 6.45. The topological polar surface area (TPSA) is 80.3 Å². The molecule has 2 aliphatic rings. The molecule has 0 unspecified atom stereocenters. The lowest BCUT2D eigenvalue weighted by molar-refractivity contribution is 0.600. The smallest absolute Gasteiger partial charge is 0.173 e. The summed E-state index contributed by atoms with van der Waals surface area (Å²) in [5, 5.41) is 4.12. The highest BCUT2D eigenvalue weighted by atomic mass is 32.2. The van der Waals surface area contributed by atoms with E-state index in [0.717, 1.165) is 5.57 Å². The standard InChI is InChI=1S/C10H15NO4S4/c1-7-4-19(14,15)6-9(7)17-10(16)11-8-2-3-18(12,13)5-8/h4,8-9H,2-3,5-6H2,1H3,(H,11,16)/t8-,9+/m1/s1. The Morgan fingerprint density at radius 2 is 2.05 bits per heavy atom. The summed E-state index contributed by atoms with van der Waals surface area (Å²) in [6, 6.07) is -0.146. The fourth-order valence-corrected chi connectivity index (χ4v) is 7.49. The van der Waals surface area contributed by atoms with E-state index in [4.69, 9.17) is 12.2 Å². The molecule has 0 spiro atoms. The van der Waals surface area contributed by atoms with Crippen LogP contribution in [0.5, 0.6) is 0 Å². The van der Waals surface area contributed by atoms with Crippen LogP contribution in [0.2, 0.25) is 0 Å². The van der Waals surface area contributed by atoms with E-state index in [0.29, 0.717) is 10.7 Å². The van der Waals surface area contributed by atoms with Gasteiger partial charge < -0.3 is 5.32 Å². The van der Waals surface area contributed by atoms with Gasteiger partial charge in [-0.3, -0.25) is 0 Å². The predicted octanol–water partition coefficient (Wildman–Crippen LogP) is 0.482. The molecular formula is C10H15NO4S4. The van der Waals surface area contributed by atoms with E-state index in [-0.39, 0.29) is 28.6 Å². The average molecular weight is 342 g/mol. The second-order valence-corrected chi connectivity index (χ2v) is 10.8. The van der Waals surface area contributed by atoms with Crippen molar-refractivity contribution in [2.45, 2.75) is 24.6 Å². The van der Waals surface area contributed by atoms with E-state index >= 15 is 0 Å². The highest BCUT2D eigenvalue weighted by Gasteiger charge is 2.31. The Labute approximate surface area is 123 Å². The van der Waals surface area contributed by atoms with E-state index in [1.165, 1.54) is 17.2 Å². The van der Waals surface area contributed by atoms with Gasteiger partial charge in [-0.25, -0.2) is 16.8 Å². The monoisotopic (exact) mass is 341 g/mol. The fourth-order valence-electron chi connectivity index (χ4n) is 2.12. The maximum atomic E-state index is 11.4. The Hall–Kier alpha value is -0.120. The predicted molar refractivity (Wildman–Crippen MR) is 81.7 cm³/mol. The summed E-state index contributed by atoms with van der Waals surface area (Å²) in [5.41, 5.74) is 0.785. The lowest BCUT2D eigenvalue weighted by Crippen LogP contribution is -2.34. The second-order valence-electron chi connectivity index (χ2n) is 4.83. The average Bonchev–Trinajstić information content (AvgIpc) is 2.66. The molecule has 2 aliphatic heterocycles. The lowest BCUT2D eigenvalue weighted by atomic mass is 10.3. The largest absolute Gasteiger partial charge is 0.367 e. The molecule has 0 saturated carbocycles. The van der Waals surface area contributed by atoms with E-state index in [1.54, 1.807) is 6.92 Å². The lowest BCUT2D eigenvalue weighted by Gasteiger charge is -2.16. The molecule has 108 valence electrons. The molecule has 0 radical (unpaired) electrons. The van der Waals surface area contributed by atoms with Gasteiger partial charge in [0, 0.05) is 16.7 Å². The maximum Gasteiger partial charge on any atom is 0.173 e. The van der Waals surface area contributed by atoms with Gasteiger partial charge in [-0.15, -0.1) is 0 Å². The number of thioether (sulfide) groups is 1. The van der Waals surface area contributed by atoms with Crippen molar-refractivity contribution in [1.82, 2.24) is 5.32 Å². The van der Waals surface area contributed by atoms with E-state index < -0.39 is 19.7 Å². The maximum absolute atomic E-state index is 11.4.